The van der Waals surface area contributed by atoms with E-state index in [2.05, 4.69) is 24.1 Å². The normalized spacial score (nSPS) is 20.2. The monoisotopic (exact) mass is 293 g/mol. The van der Waals surface area contributed by atoms with E-state index in [1.807, 2.05) is 0 Å². The van der Waals surface area contributed by atoms with Crippen LogP contribution in [0.2, 0.25) is 0 Å². The Morgan fingerprint density at radius 1 is 1.29 bits per heavy atom. The topological polar surface area (TPSA) is 76.9 Å². The minimum Gasteiger partial charge on any atom is -0.486 e. The number of hydrogen-bond acceptors (Lipinski definition) is 6. The van der Waals surface area contributed by atoms with Crippen LogP contribution in [0.25, 0.3) is 0 Å². The van der Waals surface area contributed by atoms with Crippen LogP contribution in [0.15, 0.2) is 12.1 Å². The van der Waals surface area contributed by atoms with E-state index >= 15 is 0 Å². The second-order valence-electron chi connectivity index (χ2n) is 5.88. The third kappa shape index (κ3) is 2.49. The van der Waals surface area contributed by atoms with Crippen LogP contribution < -0.4 is 19.7 Å². The molecular weight excluding hydrogens is 274 g/mol. The fourth-order valence-electron chi connectivity index (χ4n) is 2.86. The van der Waals surface area contributed by atoms with Gasteiger partial charge in [-0.3, -0.25) is 10.1 Å². The van der Waals surface area contributed by atoms with Crippen LogP contribution in [0.5, 0.6) is 11.5 Å². The third-order valence-corrected chi connectivity index (χ3v) is 3.93. The molecule has 0 saturated carbocycles. The number of rotatable bonds is 2. The summed E-state index contributed by atoms with van der Waals surface area (Å²) in [5, 5.41) is 14.7. The lowest BCUT2D eigenvalue weighted by molar-refractivity contribution is -0.384. The number of fused-ring (bicyclic) bond motifs is 1. The Morgan fingerprint density at radius 2 is 1.95 bits per heavy atom. The van der Waals surface area contributed by atoms with Crippen LogP contribution in [0, 0.1) is 10.1 Å². The molecule has 2 aliphatic rings. The Labute approximate surface area is 123 Å². The summed E-state index contributed by atoms with van der Waals surface area (Å²) in [7, 11) is 0. The van der Waals surface area contributed by atoms with Crippen molar-refractivity contribution in [3.63, 3.8) is 0 Å². The molecule has 0 aromatic heterocycles. The van der Waals surface area contributed by atoms with Crippen LogP contribution in [-0.4, -0.2) is 43.3 Å². The van der Waals surface area contributed by atoms with Crippen molar-refractivity contribution in [1.29, 1.82) is 0 Å². The highest BCUT2D eigenvalue weighted by atomic mass is 16.6. The minimum absolute atomic E-state index is 0.0641. The van der Waals surface area contributed by atoms with Gasteiger partial charge in [0.15, 0.2) is 11.5 Å². The van der Waals surface area contributed by atoms with Gasteiger partial charge in [-0.15, -0.1) is 0 Å². The van der Waals surface area contributed by atoms with Crippen LogP contribution in [0.3, 0.4) is 0 Å². The average molecular weight is 293 g/mol. The fourth-order valence-corrected chi connectivity index (χ4v) is 2.86. The van der Waals surface area contributed by atoms with Gasteiger partial charge < -0.3 is 19.7 Å². The number of nitro groups is 1. The van der Waals surface area contributed by atoms with E-state index in [9.17, 15) is 10.1 Å². The molecule has 1 saturated heterocycles. The molecule has 2 aliphatic heterocycles. The molecule has 1 aromatic rings. The first-order chi connectivity index (χ1) is 9.99. The number of ether oxygens (including phenoxy) is 2. The largest absolute Gasteiger partial charge is 0.486 e. The standard InChI is InChI=1S/C14H19N3O4/c1-14(2)9-15-3-4-16(14)10-7-12-13(21-6-5-20-12)8-11(10)17(18)19/h7-8,15H,3-6,9H2,1-2H3. The molecule has 0 unspecified atom stereocenters. The second-order valence-corrected chi connectivity index (χ2v) is 5.88. The molecule has 0 atom stereocenters. The number of hydrogen-bond donors (Lipinski definition) is 1. The molecule has 114 valence electrons. The molecule has 0 radical (unpaired) electrons. The van der Waals surface area contributed by atoms with Gasteiger partial charge in [0.1, 0.15) is 18.9 Å². The summed E-state index contributed by atoms with van der Waals surface area (Å²) >= 11 is 0. The lowest BCUT2D eigenvalue weighted by Gasteiger charge is -2.44. The van der Waals surface area contributed by atoms with E-state index in [1.165, 1.54) is 6.07 Å². The molecule has 7 nitrogen and oxygen atoms in total. The van der Waals surface area contributed by atoms with E-state index in [0.717, 1.165) is 13.1 Å². The molecule has 0 amide bonds. The lowest BCUT2D eigenvalue weighted by atomic mass is 9.98. The second kappa shape index (κ2) is 5.07. The number of nitro benzene ring substituents is 1. The summed E-state index contributed by atoms with van der Waals surface area (Å²) in [4.78, 5) is 13.1. The van der Waals surface area contributed by atoms with E-state index < -0.39 is 0 Å². The van der Waals surface area contributed by atoms with Gasteiger partial charge in [0.2, 0.25) is 0 Å². The summed E-state index contributed by atoms with van der Waals surface area (Å²) < 4.78 is 11.0. The maximum absolute atomic E-state index is 11.4. The Hall–Kier alpha value is -2.02. The lowest BCUT2D eigenvalue weighted by Crippen LogP contribution is -2.58. The molecular formula is C14H19N3O4. The average Bonchev–Trinajstić information content (AvgIpc) is 2.45. The maximum atomic E-state index is 11.4. The summed E-state index contributed by atoms with van der Waals surface area (Å²) in [5.41, 5.74) is 0.456. The predicted molar refractivity (Wildman–Crippen MR) is 78.4 cm³/mol. The molecule has 7 heteroatoms. The van der Waals surface area contributed by atoms with Crippen LogP contribution in [0.4, 0.5) is 11.4 Å². The maximum Gasteiger partial charge on any atom is 0.296 e. The molecule has 1 aromatic carbocycles. The first-order valence-corrected chi connectivity index (χ1v) is 7.05. The van der Waals surface area contributed by atoms with Crippen molar-refractivity contribution >= 4 is 11.4 Å². The van der Waals surface area contributed by atoms with Gasteiger partial charge in [-0.05, 0) is 13.8 Å². The van der Waals surface area contributed by atoms with Crippen molar-refractivity contribution in [2.24, 2.45) is 0 Å². The number of piperazine rings is 1. The van der Waals surface area contributed by atoms with Gasteiger partial charge in [-0.2, -0.15) is 0 Å². The number of nitrogens with zero attached hydrogens (tertiary/aromatic N) is 2. The van der Waals surface area contributed by atoms with Crippen molar-refractivity contribution in [3.05, 3.63) is 22.2 Å². The van der Waals surface area contributed by atoms with Gasteiger partial charge >= 0.3 is 0 Å². The van der Waals surface area contributed by atoms with Crippen molar-refractivity contribution in [1.82, 2.24) is 5.32 Å². The number of nitrogens with one attached hydrogen (secondary N) is 1. The van der Waals surface area contributed by atoms with Crippen molar-refractivity contribution < 1.29 is 14.4 Å². The van der Waals surface area contributed by atoms with E-state index in [0.29, 0.717) is 36.9 Å². The number of benzene rings is 1. The van der Waals surface area contributed by atoms with Gasteiger partial charge in [-0.25, -0.2) is 0 Å². The molecule has 0 spiro atoms. The molecule has 21 heavy (non-hydrogen) atoms. The first kappa shape index (κ1) is 13.9. The third-order valence-electron chi connectivity index (χ3n) is 3.93. The van der Waals surface area contributed by atoms with Crippen LogP contribution in [-0.2, 0) is 0 Å². The van der Waals surface area contributed by atoms with Crippen molar-refractivity contribution in [3.8, 4) is 11.5 Å². The van der Waals surface area contributed by atoms with E-state index in [1.54, 1.807) is 6.07 Å². The van der Waals surface area contributed by atoms with Gasteiger partial charge in [-0.1, -0.05) is 0 Å². The van der Waals surface area contributed by atoms with Gasteiger partial charge in [0.05, 0.1) is 11.0 Å². The SMILES string of the molecule is CC1(C)CNCCN1c1cc2c(cc1[N+](=O)[O-])OCCO2. The summed E-state index contributed by atoms with van der Waals surface area (Å²) in [5.74, 6) is 1.03. The molecule has 0 bridgehead atoms. The highest BCUT2D eigenvalue weighted by Crippen LogP contribution is 2.43. The first-order valence-electron chi connectivity index (χ1n) is 7.05. The molecule has 1 fully saturated rings. The molecule has 2 heterocycles. The summed E-state index contributed by atoms with van der Waals surface area (Å²) in [6.45, 7) is 7.32. The molecule has 0 aliphatic carbocycles. The Balaban J connectivity index is 2.09. The Kier molecular flexibility index (Phi) is 3.36. The van der Waals surface area contributed by atoms with E-state index in [4.69, 9.17) is 9.47 Å². The highest BCUT2D eigenvalue weighted by molar-refractivity contribution is 5.71. The Bertz CT molecular complexity index is 574. The van der Waals surface area contributed by atoms with Gasteiger partial charge in [0.25, 0.3) is 5.69 Å². The van der Waals surface area contributed by atoms with E-state index in [-0.39, 0.29) is 16.1 Å². The fraction of sp³-hybridized carbons (Fsp3) is 0.571. The Morgan fingerprint density at radius 3 is 2.57 bits per heavy atom. The van der Waals surface area contributed by atoms with Gasteiger partial charge in [0, 0.05) is 31.2 Å². The van der Waals surface area contributed by atoms with Crippen LogP contribution in [0.1, 0.15) is 13.8 Å². The highest BCUT2D eigenvalue weighted by Gasteiger charge is 2.35. The van der Waals surface area contributed by atoms with Crippen molar-refractivity contribution in [2.75, 3.05) is 37.7 Å². The molecule has 3 rings (SSSR count). The predicted octanol–water partition coefficient (Wildman–Crippen LogP) is 1.55. The van der Waals surface area contributed by atoms with Crippen LogP contribution >= 0.6 is 0 Å². The quantitative estimate of drug-likeness (QED) is 0.658. The zero-order valence-electron chi connectivity index (χ0n) is 12.2. The molecule has 1 N–H and O–H groups in total. The number of anilines is 1. The summed E-state index contributed by atoms with van der Waals surface area (Å²) in [6.07, 6.45) is 0. The zero-order chi connectivity index (χ0) is 15.0. The van der Waals surface area contributed by atoms with Crippen molar-refractivity contribution in [2.45, 2.75) is 19.4 Å². The summed E-state index contributed by atoms with van der Waals surface area (Å²) in [6, 6.07) is 3.21. The smallest absolute Gasteiger partial charge is 0.296 e. The minimum atomic E-state index is -0.355. The zero-order valence-corrected chi connectivity index (χ0v) is 12.2.